The van der Waals surface area contributed by atoms with Gasteiger partial charge in [0.1, 0.15) is 11.9 Å². The van der Waals surface area contributed by atoms with Crippen LogP contribution in [0.3, 0.4) is 0 Å². The van der Waals surface area contributed by atoms with Gasteiger partial charge in [-0.1, -0.05) is 45.0 Å². The van der Waals surface area contributed by atoms with Crippen LogP contribution < -0.4 is 14.8 Å². The van der Waals surface area contributed by atoms with E-state index in [2.05, 4.69) is 54.9 Å². The van der Waals surface area contributed by atoms with E-state index in [0.29, 0.717) is 11.3 Å². The molecule has 2 heterocycles. The van der Waals surface area contributed by atoms with Crippen LogP contribution in [0.1, 0.15) is 38.8 Å². The summed E-state index contributed by atoms with van der Waals surface area (Å²) < 4.78 is 22.3. The predicted octanol–water partition coefficient (Wildman–Crippen LogP) is 4.59. The normalized spacial score (nSPS) is 15.7. The quantitative estimate of drug-likeness (QED) is 0.530. The number of pyridine rings is 1. The van der Waals surface area contributed by atoms with Crippen LogP contribution in [-0.4, -0.2) is 31.2 Å². The summed E-state index contributed by atoms with van der Waals surface area (Å²) >= 11 is 0. The molecule has 1 aromatic heterocycles. The number of hydrogen-bond donors (Lipinski definition) is 1. The summed E-state index contributed by atoms with van der Waals surface area (Å²) in [6.07, 6.45) is 2.85. The van der Waals surface area contributed by atoms with Crippen molar-refractivity contribution in [3.05, 3.63) is 83.9 Å². The lowest BCUT2D eigenvalue weighted by atomic mass is 9.87. The van der Waals surface area contributed by atoms with Crippen LogP contribution in [0, 0.1) is 5.82 Å². The van der Waals surface area contributed by atoms with Crippen molar-refractivity contribution in [2.24, 2.45) is 0 Å². The summed E-state index contributed by atoms with van der Waals surface area (Å²) in [5.74, 6) is -0.617. The van der Waals surface area contributed by atoms with E-state index in [1.165, 1.54) is 29.0 Å². The van der Waals surface area contributed by atoms with Gasteiger partial charge in [0.05, 0.1) is 18.8 Å². The predicted molar refractivity (Wildman–Crippen MR) is 133 cm³/mol. The Kier molecular flexibility index (Phi) is 6.87. The number of nitrogens with zero attached hydrogens (tertiary/aromatic N) is 2. The molecule has 6 nitrogen and oxygen atoms in total. The van der Waals surface area contributed by atoms with E-state index in [1.807, 2.05) is 24.5 Å². The molecule has 7 heteroatoms. The maximum Gasteiger partial charge on any atom is 0.414 e. The first-order chi connectivity index (χ1) is 16.6. The Labute approximate surface area is 205 Å². The Bertz CT molecular complexity index is 1220. The molecular formula is C28H31FN3O3+. The fourth-order valence-corrected chi connectivity index (χ4v) is 4.07. The zero-order chi connectivity index (χ0) is 25.2. The van der Waals surface area contributed by atoms with Gasteiger partial charge in [0.2, 0.25) is 5.91 Å². The molecule has 4 rings (SSSR count). The molecule has 2 amide bonds. The van der Waals surface area contributed by atoms with Crippen molar-refractivity contribution in [3.8, 4) is 11.1 Å². The van der Waals surface area contributed by atoms with Crippen molar-refractivity contribution in [2.75, 3.05) is 18.0 Å². The van der Waals surface area contributed by atoms with E-state index < -0.39 is 18.0 Å². The molecule has 1 fully saturated rings. The molecule has 182 valence electrons. The highest BCUT2D eigenvalue weighted by molar-refractivity contribution is 5.90. The zero-order valence-corrected chi connectivity index (χ0v) is 20.5. The molecule has 1 N–H and O–H groups in total. The van der Waals surface area contributed by atoms with Gasteiger partial charge >= 0.3 is 6.09 Å². The van der Waals surface area contributed by atoms with Gasteiger partial charge in [0, 0.05) is 30.2 Å². The number of halogens is 1. The van der Waals surface area contributed by atoms with Crippen LogP contribution >= 0.6 is 0 Å². The minimum absolute atomic E-state index is 0.121. The monoisotopic (exact) mass is 476 g/mol. The maximum atomic E-state index is 15.0. The molecule has 1 atom stereocenters. The summed E-state index contributed by atoms with van der Waals surface area (Å²) in [6, 6.07) is 17.1. The summed E-state index contributed by atoms with van der Waals surface area (Å²) in [5.41, 5.74) is 4.24. The Morgan fingerprint density at radius 2 is 1.80 bits per heavy atom. The molecule has 0 bridgehead atoms. The first kappa shape index (κ1) is 24.4. The topological polar surface area (TPSA) is 62.5 Å². The van der Waals surface area contributed by atoms with Crippen LogP contribution in [0.15, 0.2) is 67.0 Å². The third kappa shape index (κ3) is 5.85. The van der Waals surface area contributed by atoms with Crippen LogP contribution in [0.2, 0.25) is 0 Å². The maximum absolute atomic E-state index is 15.0. The van der Waals surface area contributed by atoms with E-state index in [9.17, 15) is 9.59 Å². The highest BCUT2D eigenvalue weighted by atomic mass is 19.1. The number of benzene rings is 2. The lowest BCUT2D eigenvalue weighted by Gasteiger charge is -2.18. The van der Waals surface area contributed by atoms with Crippen molar-refractivity contribution >= 4 is 17.7 Å². The van der Waals surface area contributed by atoms with Crippen LogP contribution in [-0.2, 0) is 21.5 Å². The van der Waals surface area contributed by atoms with Gasteiger partial charge in [-0.25, -0.2) is 13.8 Å². The van der Waals surface area contributed by atoms with Crippen molar-refractivity contribution < 1.29 is 23.3 Å². The number of aromatic nitrogens is 1. The van der Waals surface area contributed by atoms with Gasteiger partial charge in [0.25, 0.3) is 0 Å². The van der Waals surface area contributed by atoms with Crippen molar-refractivity contribution in [1.82, 2.24) is 5.32 Å². The largest absolute Gasteiger partial charge is 0.442 e. The lowest BCUT2D eigenvalue weighted by molar-refractivity contribution is -0.688. The number of ether oxygens (including phenoxy) is 1. The second kappa shape index (κ2) is 9.86. The fraction of sp³-hybridized carbons (Fsp3) is 0.321. The number of carbonyl (C=O) groups excluding carboxylic acids is 2. The lowest BCUT2D eigenvalue weighted by Crippen LogP contribution is -2.33. The number of carbonyl (C=O) groups is 2. The summed E-state index contributed by atoms with van der Waals surface area (Å²) in [5, 5.41) is 2.63. The van der Waals surface area contributed by atoms with E-state index in [1.54, 1.807) is 12.1 Å². The third-order valence-electron chi connectivity index (χ3n) is 6.10. The Hall–Kier alpha value is -3.74. The van der Waals surface area contributed by atoms with Gasteiger partial charge in [-0.05, 0) is 34.7 Å². The molecule has 3 aromatic rings. The van der Waals surface area contributed by atoms with Crippen LogP contribution in [0.25, 0.3) is 11.1 Å². The Morgan fingerprint density at radius 3 is 2.40 bits per heavy atom. The van der Waals surface area contributed by atoms with E-state index in [-0.39, 0.29) is 24.4 Å². The highest BCUT2D eigenvalue weighted by Crippen LogP contribution is 2.29. The standard InChI is InChI=1S/C28H30FN3O3/c1-19(33)30-16-24-18-32(27(34)35-24)23-9-10-25(26(29)15-23)21-11-13-31(14-12-21)17-20-5-7-22(8-6-20)28(2,3)4/h5-15,24H,16-18H2,1-4H3/p+1. The smallest absolute Gasteiger partial charge is 0.414 e. The number of amides is 2. The molecular weight excluding hydrogens is 445 g/mol. The molecule has 35 heavy (non-hydrogen) atoms. The molecule has 2 aromatic carbocycles. The highest BCUT2D eigenvalue weighted by Gasteiger charge is 2.32. The second-order valence-corrected chi connectivity index (χ2v) is 9.92. The molecule has 0 radical (unpaired) electrons. The molecule has 1 saturated heterocycles. The van der Waals surface area contributed by atoms with E-state index in [0.717, 1.165) is 12.1 Å². The second-order valence-electron chi connectivity index (χ2n) is 9.92. The Morgan fingerprint density at radius 1 is 1.11 bits per heavy atom. The van der Waals surface area contributed by atoms with Gasteiger partial charge in [-0.3, -0.25) is 9.69 Å². The van der Waals surface area contributed by atoms with Crippen LogP contribution in [0.5, 0.6) is 0 Å². The zero-order valence-electron chi connectivity index (χ0n) is 20.5. The van der Waals surface area contributed by atoms with Crippen molar-refractivity contribution in [2.45, 2.75) is 45.8 Å². The number of anilines is 1. The first-order valence-corrected chi connectivity index (χ1v) is 11.7. The van der Waals surface area contributed by atoms with Crippen molar-refractivity contribution in [1.29, 1.82) is 0 Å². The van der Waals surface area contributed by atoms with Gasteiger partial charge in [-0.2, -0.15) is 0 Å². The number of rotatable bonds is 6. The molecule has 1 aliphatic rings. The van der Waals surface area contributed by atoms with Gasteiger partial charge < -0.3 is 10.1 Å². The minimum atomic E-state index is -0.552. The molecule has 0 saturated carbocycles. The van der Waals surface area contributed by atoms with Crippen LogP contribution in [0.4, 0.5) is 14.9 Å². The SMILES string of the molecule is CC(=O)NCC1CN(c2ccc(-c3cc[n+](Cc4ccc(C(C)(C)C)cc4)cc3)c(F)c2)C(=O)O1. The van der Waals surface area contributed by atoms with E-state index >= 15 is 4.39 Å². The molecule has 1 unspecified atom stereocenters. The Balaban J connectivity index is 1.43. The summed E-state index contributed by atoms with van der Waals surface area (Å²) in [4.78, 5) is 24.7. The summed E-state index contributed by atoms with van der Waals surface area (Å²) in [7, 11) is 0. The minimum Gasteiger partial charge on any atom is -0.442 e. The third-order valence-corrected chi connectivity index (χ3v) is 6.10. The van der Waals surface area contributed by atoms with E-state index in [4.69, 9.17) is 4.74 Å². The van der Waals surface area contributed by atoms with Crippen molar-refractivity contribution in [3.63, 3.8) is 0 Å². The number of hydrogen-bond acceptors (Lipinski definition) is 3. The van der Waals surface area contributed by atoms with Gasteiger partial charge in [0.15, 0.2) is 18.9 Å². The average Bonchev–Trinajstić information content (AvgIpc) is 3.18. The molecule has 0 spiro atoms. The van der Waals surface area contributed by atoms with Gasteiger partial charge in [-0.15, -0.1) is 0 Å². The summed E-state index contributed by atoms with van der Waals surface area (Å²) in [6.45, 7) is 9.19. The molecule has 0 aliphatic carbocycles. The molecule has 1 aliphatic heterocycles. The fourth-order valence-electron chi connectivity index (χ4n) is 4.07. The number of nitrogens with one attached hydrogen (secondary N) is 1. The first-order valence-electron chi connectivity index (χ1n) is 11.7. The number of cyclic esters (lactones) is 1. The average molecular weight is 477 g/mol.